The van der Waals surface area contributed by atoms with Crippen molar-refractivity contribution in [2.45, 2.75) is 13.0 Å². The molecule has 0 aliphatic carbocycles. The number of imidazole rings is 1. The van der Waals surface area contributed by atoms with Crippen LogP contribution in [0.2, 0.25) is 0 Å². The van der Waals surface area contributed by atoms with E-state index in [4.69, 9.17) is 4.74 Å². The molecule has 0 amide bonds. The Hall–Kier alpha value is -4.00. The summed E-state index contributed by atoms with van der Waals surface area (Å²) in [5, 5.41) is 10.9. The third-order valence-corrected chi connectivity index (χ3v) is 4.54. The molecule has 1 atom stereocenters. The standard InChI is InChI=1S/C22H17N3O4/c1-15(22(26)17-5-3-2-4-6-17)29-19-10-7-16(8-11-19)20-14-24-13-18(25(27)28)9-12-21(24)23-20/h2-15H,1H3. The number of rotatable bonds is 6. The number of aromatic nitrogens is 2. The smallest absolute Gasteiger partial charge is 0.286 e. The summed E-state index contributed by atoms with van der Waals surface area (Å²) in [4.78, 5) is 27.4. The first-order valence-corrected chi connectivity index (χ1v) is 9.01. The van der Waals surface area contributed by atoms with Crippen molar-refractivity contribution in [1.29, 1.82) is 0 Å². The van der Waals surface area contributed by atoms with Crippen LogP contribution in [-0.2, 0) is 0 Å². The number of pyridine rings is 1. The average molecular weight is 387 g/mol. The van der Waals surface area contributed by atoms with Gasteiger partial charge in [0.15, 0.2) is 6.10 Å². The van der Waals surface area contributed by atoms with Gasteiger partial charge >= 0.3 is 0 Å². The average Bonchev–Trinajstić information content (AvgIpc) is 3.17. The molecule has 0 fully saturated rings. The number of hydrogen-bond donors (Lipinski definition) is 0. The van der Waals surface area contributed by atoms with E-state index in [2.05, 4.69) is 4.98 Å². The number of Topliss-reactive ketones (excluding diaryl/α,β-unsaturated/α-hetero) is 1. The Labute approximate surface area is 166 Å². The van der Waals surface area contributed by atoms with Gasteiger partial charge in [-0.25, -0.2) is 4.98 Å². The lowest BCUT2D eigenvalue weighted by atomic mass is 10.1. The fraction of sp³-hybridized carbons (Fsp3) is 0.0909. The Balaban J connectivity index is 1.51. The number of ether oxygens (including phenoxy) is 1. The number of hydrogen-bond acceptors (Lipinski definition) is 5. The van der Waals surface area contributed by atoms with E-state index in [0.717, 1.165) is 5.56 Å². The van der Waals surface area contributed by atoms with Crippen LogP contribution in [-0.4, -0.2) is 26.2 Å². The van der Waals surface area contributed by atoms with Crippen molar-refractivity contribution in [2.24, 2.45) is 0 Å². The van der Waals surface area contributed by atoms with Crippen LogP contribution < -0.4 is 4.74 Å². The van der Waals surface area contributed by atoms with Crippen molar-refractivity contribution in [1.82, 2.24) is 9.38 Å². The minimum Gasteiger partial charge on any atom is -0.483 e. The SMILES string of the molecule is CC(Oc1ccc(-c2cn3cc([N+](=O)[O-])ccc3n2)cc1)C(=O)c1ccccc1. The Bertz CT molecular complexity index is 1180. The maximum absolute atomic E-state index is 12.4. The van der Waals surface area contributed by atoms with Crippen molar-refractivity contribution in [2.75, 3.05) is 0 Å². The number of nitrogens with zero attached hydrogens (tertiary/aromatic N) is 3. The topological polar surface area (TPSA) is 86.7 Å². The van der Waals surface area contributed by atoms with Gasteiger partial charge in [-0.1, -0.05) is 30.3 Å². The van der Waals surface area contributed by atoms with Crippen molar-refractivity contribution in [3.63, 3.8) is 0 Å². The molecular formula is C22H17N3O4. The molecule has 0 aliphatic rings. The Morgan fingerprint density at radius 3 is 2.45 bits per heavy atom. The first-order valence-electron chi connectivity index (χ1n) is 9.01. The van der Waals surface area contributed by atoms with E-state index >= 15 is 0 Å². The first-order chi connectivity index (χ1) is 14.0. The van der Waals surface area contributed by atoms with Crippen LogP contribution in [0.3, 0.4) is 0 Å². The van der Waals surface area contributed by atoms with Crippen molar-refractivity contribution >= 4 is 17.1 Å². The summed E-state index contributed by atoms with van der Waals surface area (Å²) in [5.41, 5.74) is 2.75. The zero-order valence-electron chi connectivity index (χ0n) is 15.6. The molecule has 0 spiro atoms. The van der Waals surface area contributed by atoms with Gasteiger partial charge in [0.05, 0.1) is 16.8 Å². The molecule has 0 saturated heterocycles. The van der Waals surface area contributed by atoms with E-state index in [-0.39, 0.29) is 11.5 Å². The number of benzene rings is 2. The van der Waals surface area contributed by atoms with Crippen LogP contribution in [0.4, 0.5) is 5.69 Å². The van der Waals surface area contributed by atoms with E-state index in [0.29, 0.717) is 22.7 Å². The molecule has 4 rings (SSSR count). The second-order valence-corrected chi connectivity index (χ2v) is 6.55. The third kappa shape index (κ3) is 3.84. The van der Waals surface area contributed by atoms with Crippen LogP contribution in [0.15, 0.2) is 79.1 Å². The minimum atomic E-state index is -0.612. The zero-order valence-corrected chi connectivity index (χ0v) is 15.6. The van der Waals surface area contributed by atoms with E-state index in [1.54, 1.807) is 47.9 Å². The summed E-state index contributed by atoms with van der Waals surface area (Å²) in [6.45, 7) is 1.72. The van der Waals surface area contributed by atoms with Crippen molar-refractivity contribution in [3.8, 4) is 17.0 Å². The molecule has 1 unspecified atom stereocenters. The van der Waals surface area contributed by atoms with E-state index in [1.165, 1.54) is 12.3 Å². The van der Waals surface area contributed by atoms with Gasteiger partial charge in [-0.2, -0.15) is 0 Å². The fourth-order valence-electron chi connectivity index (χ4n) is 3.03. The molecular weight excluding hydrogens is 370 g/mol. The second kappa shape index (κ2) is 7.55. The normalized spacial score (nSPS) is 11.9. The predicted molar refractivity (Wildman–Crippen MR) is 108 cm³/mol. The largest absolute Gasteiger partial charge is 0.483 e. The highest BCUT2D eigenvalue weighted by Crippen LogP contribution is 2.24. The monoisotopic (exact) mass is 387 g/mol. The molecule has 7 nitrogen and oxygen atoms in total. The summed E-state index contributed by atoms with van der Waals surface area (Å²) in [6.07, 6.45) is 2.55. The van der Waals surface area contributed by atoms with Gasteiger partial charge in [0.25, 0.3) is 5.69 Å². The lowest BCUT2D eigenvalue weighted by molar-refractivity contribution is -0.385. The lowest BCUT2D eigenvalue weighted by Gasteiger charge is -2.14. The number of carbonyl (C=O) groups excluding carboxylic acids is 1. The second-order valence-electron chi connectivity index (χ2n) is 6.55. The lowest BCUT2D eigenvalue weighted by Crippen LogP contribution is -2.23. The number of fused-ring (bicyclic) bond motifs is 1. The molecule has 2 heterocycles. The summed E-state index contributed by atoms with van der Waals surface area (Å²) in [5.74, 6) is 0.488. The van der Waals surface area contributed by atoms with Crippen LogP contribution >= 0.6 is 0 Å². The zero-order chi connectivity index (χ0) is 20.4. The summed E-state index contributed by atoms with van der Waals surface area (Å²) in [7, 11) is 0. The highest BCUT2D eigenvalue weighted by atomic mass is 16.6. The number of ketones is 1. The molecule has 2 aromatic heterocycles. The molecule has 7 heteroatoms. The van der Waals surface area contributed by atoms with Crippen LogP contribution in [0.1, 0.15) is 17.3 Å². The maximum atomic E-state index is 12.4. The predicted octanol–water partition coefficient (Wildman–Crippen LogP) is 4.56. The molecule has 0 bridgehead atoms. The van der Waals surface area contributed by atoms with E-state index < -0.39 is 11.0 Å². The summed E-state index contributed by atoms with van der Waals surface area (Å²) in [6, 6.07) is 19.3. The molecule has 2 aromatic carbocycles. The molecule has 144 valence electrons. The maximum Gasteiger partial charge on any atom is 0.286 e. The van der Waals surface area contributed by atoms with Crippen LogP contribution in [0.5, 0.6) is 5.75 Å². The van der Waals surface area contributed by atoms with Gasteiger partial charge in [0, 0.05) is 23.4 Å². The molecule has 0 radical (unpaired) electrons. The van der Waals surface area contributed by atoms with E-state index in [9.17, 15) is 14.9 Å². The molecule has 29 heavy (non-hydrogen) atoms. The summed E-state index contributed by atoms with van der Waals surface area (Å²) >= 11 is 0. The number of nitro groups is 1. The summed E-state index contributed by atoms with van der Waals surface area (Å²) < 4.78 is 7.40. The Morgan fingerprint density at radius 2 is 1.76 bits per heavy atom. The number of carbonyl (C=O) groups is 1. The van der Waals surface area contributed by atoms with Crippen LogP contribution in [0, 0.1) is 10.1 Å². The van der Waals surface area contributed by atoms with Gasteiger partial charge in [0.2, 0.25) is 5.78 Å². The van der Waals surface area contributed by atoms with Gasteiger partial charge < -0.3 is 4.74 Å². The first kappa shape index (κ1) is 18.4. The van der Waals surface area contributed by atoms with E-state index in [1.807, 2.05) is 30.3 Å². The van der Waals surface area contributed by atoms with Gasteiger partial charge in [-0.15, -0.1) is 0 Å². The Kier molecular flexibility index (Phi) is 4.78. The van der Waals surface area contributed by atoms with Crippen molar-refractivity contribution in [3.05, 3.63) is 94.8 Å². The van der Waals surface area contributed by atoms with Gasteiger partial charge in [0.1, 0.15) is 11.4 Å². The molecule has 0 N–H and O–H groups in total. The van der Waals surface area contributed by atoms with Gasteiger partial charge in [-0.3, -0.25) is 19.3 Å². The van der Waals surface area contributed by atoms with Gasteiger partial charge in [-0.05, 0) is 37.3 Å². The highest BCUT2D eigenvalue weighted by Gasteiger charge is 2.17. The molecule has 0 aliphatic heterocycles. The fourth-order valence-corrected chi connectivity index (χ4v) is 3.03. The minimum absolute atomic E-state index is 0.00210. The Morgan fingerprint density at radius 1 is 1.03 bits per heavy atom. The molecule has 0 saturated carbocycles. The van der Waals surface area contributed by atoms with Crippen LogP contribution in [0.25, 0.3) is 16.9 Å². The van der Waals surface area contributed by atoms with Crippen molar-refractivity contribution < 1.29 is 14.5 Å². The third-order valence-electron chi connectivity index (χ3n) is 4.54. The highest BCUT2D eigenvalue weighted by molar-refractivity contribution is 5.99. The molecule has 4 aromatic rings. The quantitative estimate of drug-likeness (QED) is 0.275.